The van der Waals surface area contributed by atoms with Gasteiger partial charge in [-0.05, 0) is 109 Å². The first-order valence-electron chi connectivity index (χ1n) is 20.3. The quantitative estimate of drug-likeness (QED) is 0.0892. The number of nitrogens with one attached hydrogen (secondary N) is 8. The van der Waals surface area contributed by atoms with E-state index in [1.165, 1.54) is 0 Å². The summed E-state index contributed by atoms with van der Waals surface area (Å²) in [6, 6.07) is 31.2. The molecule has 0 bridgehead atoms. The molecule has 5 aromatic carbocycles. The Bertz CT molecular complexity index is 2530. The zero-order valence-corrected chi connectivity index (χ0v) is 34.7. The third-order valence-electron chi connectivity index (χ3n) is 10.4. The van der Waals surface area contributed by atoms with Crippen molar-refractivity contribution < 1.29 is 19.2 Å². The molecule has 0 radical (unpaired) electrons. The molecular formula is C46H43ClN12O4. The highest BCUT2D eigenvalue weighted by molar-refractivity contribution is 6.13. The number of aliphatic imine (C=N–C) groups is 4. The fourth-order valence-corrected chi connectivity index (χ4v) is 7.31. The molecule has 318 valence electrons. The molecule has 63 heavy (non-hydrogen) atoms. The smallest absolute Gasteiger partial charge is 0.255 e. The molecule has 0 spiro atoms. The van der Waals surface area contributed by atoms with E-state index in [1.807, 2.05) is 48.5 Å². The summed E-state index contributed by atoms with van der Waals surface area (Å²) in [5.41, 5.74) is 6.43. The summed E-state index contributed by atoms with van der Waals surface area (Å²) in [5.74, 6) is 1.33. The molecular weight excluding hydrogens is 820 g/mol. The van der Waals surface area contributed by atoms with E-state index in [0.29, 0.717) is 94.0 Å². The SMILES string of the molecule is Cl.O=C(Nc1cc(C(=O)Nc2ccc(C3=NCCN3)cc2)cc(C2=NCCN2)c1)c1ccc(C(=O)Nc2cc(C(=O)Nc3ccc(C4=NCCN4)cc3)cc(C3=NCCN3)c2)cc1. The van der Waals surface area contributed by atoms with Crippen molar-refractivity contribution in [2.45, 2.75) is 0 Å². The maximum Gasteiger partial charge on any atom is 0.255 e. The maximum atomic E-state index is 13.6. The van der Waals surface area contributed by atoms with Gasteiger partial charge in [0.2, 0.25) is 0 Å². The van der Waals surface area contributed by atoms with Gasteiger partial charge in [-0.25, -0.2) is 0 Å². The van der Waals surface area contributed by atoms with Gasteiger partial charge < -0.3 is 42.5 Å². The van der Waals surface area contributed by atoms with Crippen molar-refractivity contribution >= 4 is 82.1 Å². The number of halogens is 1. The lowest BCUT2D eigenvalue weighted by molar-refractivity contribution is 0.101. The Balaban J connectivity index is 0.00000544. The largest absolute Gasteiger partial charge is 0.368 e. The summed E-state index contributed by atoms with van der Waals surface area (Å²) in [4.78, 5) is 72.1. The molecule has 4 aliphatic heterocycles. The predicted octanol–water partition coefficient (Wildman–Crippen LogP) is 4.52. The van der Waals surface area contributed by atoms with E-state index in [4.69, 9.17) is 0 Å². The van der Waals surface area contributed by atoms with Gasteiger partial charge in [-0.3, -0.25) is 39.1 Å². The van der Waals surface area contributed by atoms with E-state index in [-0.39, 0.29) is 24.2 Å². The summed E-state index contributed by atoms with van der Waals surface area (Å²) in [7, 11) is 0. The number of rotatable bonds is 12. The van der Waals surface area contributed by atoms with Crippen molar-refractivity contribution in [3.8, 4) is 0 Å². The lowest BCUT2D eigenvalue weighted by Gasteiger charge is -2.13. The topological polar surface area (TPSA) is 214 Å². The molecule has 17 heteroatoms. The van der Waals surface area contributed by atoms with E-state index >= 15 is 0 Å². The molecule has 0 unspecified atom stereocenters. The van der Waals surface area contributed by atoms with Gasteiger partial charge in [0.25, 0.3) is 23.6 Å². The third kappa shape index (κ3) is 9.87. The molecule has 5 aromatic rings. The van der Waals surface area contributed by atoms with Gasteiger partial charge in [0.1, 0.15) is 23.3 Å². The van der Waals surface area contributed by atoms with Crippen LogP contribution in [0.4, 0.5) is 22.7 Å². The number of hydrogen-bond donors (Lipinski definition) is 8. The van der Waals surface area contributed by atoms with E-state index in [1.54, 1.807) is 60.7 Å². The van der Waals surface area contributed by atoms with Crippen LogP contribution >= 0.6 is 12.4 Å². The molecule has 0 saturated heterocycles. The molecule has 9 rings (SSSR count). The minimum Gasteiger partial charge on any atom is -0.368 e. The van der Waals surface area contributed by atoms with Crippen LogP contribution in [0.3, 0.4) is 0 Å². The highest BCUT2D eigenvalue weighted by atomic mass is 35.5. The van der Waals surface area contributed by atoms with Gasteiger partial charge in [-0.1, -0.05) is 0 Å². The van der Waals surface area contributed by atoms with Crippen molar-refractivity contribution in [2.24, 2.45) is 20.0 Å². The Morgan fingerprint density at radius 3 is 0.968 bits per heavy atom. The minimum atomic E-state index is -0.437. The number of carbonyl (C=O) groups is 4. The van der Waals surface area contributed by atoms with Crippen LogP contribution in [0.5, 0.6) is 0 Å². The lowest BCUT2D eigenvalue weighted by Crippen LogP contribution is -2.22. The Labute approximate surface area is 368 Å². The summed E-state index contributed by atoms with van der Waals surface area (Å²) in [6.07, 6.45) is 0. The number of carbonyl (C=O) groups excluding carboxylic acids is 4. The Morgan fingerprint density at radius 1 is 0.349 bits per heavy atom. The summed E-state index contributed by atoms with van der Waals surface area (Å²) in [6.45, 7) is 5.59. The van der Waals surface area contributed by atoms with Gasteiger partial charge >= 0.3 is 0 Å². The monoisotopic (exact) mass is 862 g/mol. The van der Waals surface area contributed by atoms with Crippen molar-refractivity contribution in [1.82, 2.24) is 21.3 Å². The standard InChI is InChI=1S/C46H42N12O4.ClH/c59-43(57-37-23-31(41-51-17-18-52-41)21-33(25-37)45(61)55-35-9-5-27(6-10-35)39-47-13-14-48-39)29-1-2-30(4-3-29)44(60)58-38-24-32(42-53-19-20-54-42)22-34(26-38)46(62)56-36-11-7-28(8-12-36)40-49-15-16-50-40;/h1-12,21-26H,13-20H2,(H,47,48)(H,49,50)(H,51,52)(H,53,54)(H,55,61)(H,56,62)(H,57,59)(H,58,60);1H. The van der Waals surface area contributed by atoms with Crippen molar-refractivity contribution in [1.29, 1.82) is 0 Å². The first-order valence-corrected chi connectivity index (χ1v) is 20.3. The van der Waals surface area contributed by atoms with Crippen LogP contribution in [0.25, 0.3) is 0 Å². The lowest BCUT2D eigenvalue weighted by atomic mass is 10.1. The van der Waals surface area contributed by atoms with E-state index < -0.39 is 11.8 Å². The Kier molecular flexibility index (Phi) is 12.5. The third-order valence-corrected chi connectivity index (χ3v) is 10.4. The van der Waals surface area contributed by atoms with Crippen LogP contribution in [0.2, 0.25) is 0 Å². The Hall–Kier alpha value is -7.85. The van der Waals surface area contributed by atoms with Crippen molar-refractivity contribution in [3.63, 3.8) is 0 Å². The fourth-order valence-electron chi connectivity index (χ4n) is 7.31. The van der Waals surface area contributed by atoms with Gasteiger partial charge in [0.05, 0.1) is 26.2 Å². The first kappa shape index (κ1) is 41.9. The number of benzene rings is 5. The molecule has 4 aliphatic rings. The van der Waals surface area contributed by atoms with E-state index in [2.05, 4.69) is 62.5 Å². The number of amidine groups is 4. The average Bonchev–Trinajstić information content (AvgIpc) is 4.16. The summed E-state index contributed by atoms with van der Waals surface area (Å²) < 4.78 is 0. The molecule has 0 aliphatic carbocycles. The highest BCUT2D eigenvalue weighted by Gasteiger charge is 2.19. The van der Waals surface area contributed by atoms with E-state index in [0.717, 1.165) is 49.0 Å². The molecule has 0 fully saturated rings. The fraction of sp³-hybridized carbons (Fsp3) is 0.174. The van der Waals surface area contributed by atoms with Crippen molar-refractivity contribution in [2.75, 3.05) is 73.6 Å². The molecule has 0 aromatic heterocycles. The van der Waals surface area contributed by atoms with Crippen molar-refractivity contribution in [3.05, 3.63) is 154 Å². The molecule has 4 amide bonds. The minimum absolute atomic E-state index is 0. The number of anilines is 4. The molecule has 8 N–H and O–H groups in total. The van der Waals surface area contributed by atoms with Gasteiger partial charge in [-0.2, -0.15) is 0 Å². The number of hydrogen-bond acceptors (Lipinski definition) is 12. The summed E-state index contributed by atoms with van der Waals surface area (Å²) >= 11 is 0. The average molecular weight is 863 g/mol. The van der Waals surface area contributed by atoms with Crippen LogP contribution in [-0.4, -0.2) is 99.3 Å². The second-order valence-electron chi connectivity index (χ2n) is 14.8. The molecule has 0 saturated carbocycles. The molecule has 4 heterocycles. The molecule has 0 atom stereocenters. The van der Waals surface area contributed by atoms with Gasteiger partial charge in [0, 0.05) is 93.4 Å². The molecule has 16 nitrogen and oxygen atoms in total. The van der Waals surface area contributed by atoms with Gasteiger partial charge in [0.15, 0.2) is 0 Å². The predicted molar refractivity (Wildman–Crippen MR) is 249 cm³/mol. The van der Waals surface area contributed by atoms with E-state index in [9.17, 15) is 19.2 Å². The number of nitrogens with zero attached hydrogens (tertiary/aromatic N) is 4. The summed E-state index contributed by atoms with van der Waals surface area (Å²) in [5, 5.41) is 24.6. The number of amides is 4. The normalized spacial score (nSPS) is 14.9. The second-order valence-corrected chi connectivity index (χ2v) is 14.8. The van der Waals surface area contributed by atoms with Crippen LogP contribution in [0.1, 0.15) is 63.7 Å². The van der Waals surface area contributed by atoms with Crippen LogP contribution in [-0.2, 0) is 0 Å². The maximum absolute atomic E-state index is 13.6. The van der Waals surface area contributed by atoms with Gasteiger partial charge in [-0.15, -0.1) is 12.4 Å². The Morgan fingerprint density at radius 2 is 0.651 bits per heavy atom. The highest BCUT2D eigenvalue weighted by Crippen LogP contribution is 2.23. The van der Waals surface area contributed by atoms with Crippen LogP contribution in [0.15, 0.2) is 129 Å². The second kappa shape index (κ2) is 18.8. The first-order chi connectivity index (χ1) is 30.3. The van der Waals surface area contributed by atoms with Crippen LogP contribution < -0.4 is 42.5 Å². The van der Waals surface area contributed by atoms with Crippen LogP contribution in [0, 0.1) is 0 Å². The zero-order valence-electron chi connectivity index (χ0n) is 33.9. The zero-order chi connectivity index (χ0) is 42.4.